The molecule has 0 spiro atoms. The SMILES string of the molecule is C=C(C)CCC1(CCC(=C)C)C=CC(OC)=C(C(C)=O)C1=O. The molecule has 22 heavy (non-hydrogen) atoms. The van der Waals surface area contributed by atoms with Crippen LogP contribution in [0.25, 0.3) is 0 Å². The first-order valence-corrected chi connectivity index (χ1v) is 7.55. The lowest BCUT2D eigenvalue weighted by Gasteiger charge is -2.33. The molecular formula is C19H26O3. The topological polar surface area (TPSA) is 43.4 Å². The first kappa shape index (κ1) is 18.1. The maximum absolute atomic E-state index is 13.0. The Bertz CT molecular complexity index is 543. The van der Waals surface area contributed by atoms with Crippen LogP contribution in [0.5, 0.6) is 0 Å². The summed E-state index contributed by atoms with van der Waals surface area (Å²) in [5, 5.41) is 0. The number of hydrogen-bond acceptors (Lipinski definition) is 3. The van der Waals surface area contributed by atoms with Gasteiger partial charge in [0.15, 0.2) is 11.6 Å². The number of Topliss-reactive ketones (excluding diaryl/α,β-unsaturated/α-hetero) is 2. The number of carbonyl (C=O) groups is 2. The molecular weight excluding hydrogens is 276 g/mol. The Balaban J connectivity index is 3.22. The van der Waals surface area contributed by atoms with E-state index in [1.165, 1.54) is 14.0 Å². The second-order valence-corrected chi connectivity index (χ2v) is 6.23. The fourth-order valence-corrected chi connectivity index (χ4v) is 2.65. The molecule has 3 nitrogen and oxygen atoms in total. The molecule has 0 saturated heterocycles. The summed E-state index contributed by atoms with van der Waals surface area (Å²) in [5.41, 5.74) is 1.57. The lowest BCUT2D eigenvalue weighted by molar-refractivity contribution is -0.126. The van der Waals surface area contributed by atoms with Crippen molar-refractivity contribution in [1.29, 1.82) is 0 Å². The lowest BCUT2D eigenvalue weighted by atomic mass is 9.69. The van der Waals surface area contributed by atoms with Gasteiger partial charge in [-0.2, -0.15) is 0 Å². The highest BCUT2D eigenvalue weighted by Crippen LogP contribution is 2.41. The first-order chi connectivity index (χ1) is 10.2. The fraction of sp³-hybridized carbons (Fsp3) is 0.474. The van der Waals surface area contributed by atoms with E-state index in [0.717, 1.165) is 24.0 Å². The molecule has 0 aliphatic heterocycles. The average Bonchev–Trinajstić information content (AvgIpc) is 2.43. The minimum absolute atomic E-state index is 0.137. The molecule has 0 aromatic carbocycles. The summed E-state index contributed by atoms with van der Waals surface area (Å²) in [4.78, 5) is 24.9. The van der Waals surface area contributed by atoms with E-state index in [9.17, 15) is 9.59 Å². The van der Waals surface area contributed by atoms with E-state index in [2.05, 4.69) is 13.2 Å². The standard InChI is InChI=1S/C19H26O3/c1-13(2)7-10-19(11-8-14(3)4)12-9-16(22-6)17(15(5)20)18(19)21/h9,12H,1,3,7-8,10-11H2,2,4-6H3. The average molecular weight is 302 g/mol. The molecule has 0 heterocycles. The van der Waals surface area contributed by atoms with Gasteiger partial charge in [0, 0.05) is 0 Å². The van der Waals surface area contributed by atoms with Crippen molar-refractivity contribution >= 4 is 11.6 Å². The van der Waals surface area contributed by atoms with E-state index in [-0.39, 0.29) is 17.1 Å². The van der Waals surface area contributed by atoms with Gasteiger partial charge in [0.05, 0.1) is 12.5 Å². The number of ether oxygens (including phenoxy) is 1. The Morgan fingerprint density at radius 2 is 1.64 bits per heavy atom. The number of carbonyl (C=O) groups excluding carboxylic acids is 2. The van der Waals surface area contributed by atoms with Crippen LogP contribution < -0.4 is 0 Å². The normalized spacial score (nSPS) is 16.6. The highest BCUT2D eigenvalue weighted by atomic mass is 16.5. The van der Waals surface area contributed by atoms with E-state index in [1.54, 1.807) is 6.08 Å². The van der Waals surface area contributed by atoms with Gasteiger partial charge < -0.3 is 4.74 Å². The Morgan fingerprint density at radius 3 is 2.00 bits per heavy atom. The maximum Gasteiger partial charge on any atom is 0.180 e. The number of methoxy groups -OCH3 is 1. The van der Waals surface area contributed by atoms with Gasteiger partial charge in [-0.25, -0.2) is 0 Å². The smallest absolute Gasteiger partial charge is 0.180 e. The van der Waals surface area contributed by atoms with Crippen LogP contribution in [0.3, 0.4) is 0 Å². The molecule has 0 bridgehead atoms. The molecule has 1 aliphatic carbocycles. The van der Waals surface area contributed by atoms with Crippen molar-refractivity contribution in [2.24, 2.45) is 5.41 Å². The molecule has 0 unspecified atom stereocenters. The molecule has 3 heteroatoms. The largest absolute Gasteiger partial charge is 0.496 e. The molecule has 0 atom stereocenters. The predicted octanol–water partition coefficient (Wildman–Crippen LogP) is 4.31. The molecule has 0 aromatic heterocycles. The van der Waals surface area contributed by atoms with E-state index in [1.807, 2.05) is 19.9 Å². The predicted molar refractivity (Wildman–Crippen MR) is 89.4 cm³/mol. The van der Waals surface area contributed by atoms with Gasteiger partial charge >= 0.3 is 0 Å². The molecule has 0 saturated carbocycles. The Morgan fingerprint density at radius 1 is 1.14 bits per heavy atom. The number of allylic oxidation sites excluding steroid dienone is 5. The van der Waals surface area contributed by atoms with Gasteiger partial charge in [0.1, 0.15) is 11.3 Å². The van der Waals surface area contributed by atoms with Crippen LogP contribution in [0.15, 0.2) is 47.8 Å². The summed E-state index contributed by atoms with van der Waals surface area (Å²) < 4.78 is 5.20. The van der Waals surface area contributed by atoms with Crippen LogP contribution in [0.1, 0.15) is 46.5 Å². The van der Waals surface area contributed by atoms with Crippen LogP contribution in [0.2, 0.25) is 0 Å². The molecule has 0 fully saturated rings. The summed E-state index contributed by atoms with van der Waals surface area (Å²) >= 11 is 0. The molecule has 0 radical (unpaired) electrons. The van der Waals surface area contributed by atoms with Crippen LogP contribution >= 0.6 is 0 Å². The summed E-state index contributed by atoms with van der Waals surface area (Å²) in [7, 11) is 1.48. The Kier molecular flexibility index (Phi) is 6.10. The van der Waals surface area contributed by atoms with Gasteiger partial charge in [0.25, 0.3) is 0 Å². The van der Waals surface area contributed by atoms with Crippen molar-refractivity contribution < 1.29 is 14.3 Å². The van der Waals surface area contributed by atoms with E-state index in [4.69, 9.17) is 4.74 Å². The molecule has 0 N–H and O–H groups in total. The third-order valence-electron chi connectivity index (χ3n) is 4.05. The Hall–Kier alpha value is -1.90. The zero-order valence-electron chi connectivity index (χ0n) is 14.1. The zero-order chi connectivity index (χ0) is 16.9. The van der Waals surface area contributed by atoms with E-state index < -0.39 is 5.41 Å². The summed E-state index contributed by atoms with van der Waals surface area (Å²) in [5.74, 6) is -0.0261. The van der Waals surface area contributed by atoms with Crippen molar-refractivity contribution in [3.63, 3.8) is 0 Å². The quantitative estimate of drug-likeness (QED) is 0.495. The number of rotatable bonds is 8. The van der Waals surface area contributed by atoms with Crippen molar-refractivity contribution in [2.75, 3.05) is 7.11 Å². The van der Waals surface area contributed by atoms with Crippen molar-refractivity contribution in [2.45, 2.75) is 46.5 Å². The minimum atomic E-state index is -0.666. The van der Waals surface area contributed by atoms with Crippen molar-refractivity contribution in [3.8, 4) is 0 Å². The van der Waals surface area contributed by atoms with Crippen LogP contribution in [-0.2, 0) is 14.3 Å². The highest BCUT2D eigenvalue weighted by Gasteiger charge is 2.41. The minimum Gasteiger partial charge on any atom is -0.496 e. The summed E-state index contributed by atoms with van der Waals surface area (Å²) in [6.45, 7) is 13.1. The molecule has 1 aliphatic rings. The Labute approximate surface area is 133 Å². The van der Waals surface area contributed by atoms with Crippen LogP contribution in [0, 0.1) is 5.41 Å². The summed E-state index contributed by atoms with van der Waals surface area (Å²) in [6, 6.07) is 0. The maximum atomic E-state index is 13.0. The number of hydrogen-bond donors (Lipinski definition) is 0. The van der Waals surface area contributed by atoms with Gasteiger partial charge in [-0.15, -0.1) is 13.2 Å². The molecule has 0 amide bonds. The molecule has 1 rings (SSSR count). The van der Waals surface area contributed by atoms with Crippen molar-refractivity contribution in [3.05, 3.63) is 47.8 Å². The molecule has 0 aromatic rings. The van der Waals surface area contributed by atoms with Crippen LogP contribution in [0.4, 0.5) is 0 Å². The van der Waals surface area contributed by atoms with E-state index >= 15 is 0 Å². The van der Waals surface area contributed by atoms with Crippen LogP contribution in [-0.4, -0.2) is 18.7 Å². The second-order valence-electron chi connectivity index (χ2n) is 6.23. The van der Waals surface area contributed by atoms with Gasteiger partial charge in [0.2, 0.25) is 0 Å². The van der Waals surface area contributed by atoms with Gasteiger partial charge in [-0.05, 0) is 52.5 Å². The van der Waals surface area contributed by atoms with Gasteiger partial charge in [-0.1, -0.05) is 17.2 Å². The third kappa shape index (κ3) is 4.06. The fourth-order valence-electron chi connectivity index (χ4n) is 2.65. The van der Waals surface area contributed by atoms with E-state index in [0.29, 0.717) is 18.6 Å². The monoisotopic (exact) mass is 302 g/mol. The van der Waals surface area contributed by atoms with Gasteiger partial charge in [-0.3, -0.25) is 9.59 Å². The molecule has 120 valence electrons. The second kappa shape index (κ2) is 7.39. The summed E-state index contributed by atoms with van der Waals surface area (Å²) in [6.07, 6.45) is 6.46. The third-order valence-corrected chi connectivity index (χ3v) is 4.05. The zero-order valence-corrected chi connectivity index (χ0v) is 14.1. The highest BCUT2D eigenvalue weighted by molar-refractivity contribution is 6.23. The number of ketones is 2. The lowest BCUT2D eigenvalue weighted by Crippen LogP contribution is -2.36. The first-order valence-electron chi connectivity index (χ1n) is 7.55. The van der Waals surface area contributed by atoms with Crippen molar-refractivity contribution in [1.82, 2.24) is 0 Å².